The smallest absolute Gasteiger partial charge is 0.541 e. The Morgan fingerprint density at radius 2 is 1.75 bits per heavy atom. The van der Waals surface area contributed by atoms with Gasteiger partial charge in [0, 0.05) is 0 Å². The molecule has 0 aromatic heterocycles. The van der Waals surface area contributed by atoms with Gasteiger partial charge in [-0.3, -0.25) is 0 Å². The molecule has 70 valence electrons. The molecule has 2 nitrogen and oxygen atoms in total. The van der Waals surface area contributed by atoms with E-state index in [1.807, 2.05) is 20.3 Å². The first-order valence-electron chi connectivity index (χ1n) is 3.91. The average molecular weight is 339 g/mol. The molecule has 0 aromatic rings. The number of rotatable bonds is 4. The summed E-state index contributed by atoms with van der Waals surface area (Å²) >= 11 is 0. The van der Waals surface area contributed by atoms with Crippen LogP contribution in [0.4, 0.5) is 0 Å². The maximum absolute atomic E-state index is 10.3. The van der Waals surface area contributed by atoms with Gasteiger partial charge in [0.1, 0.15) is 0 Å². The van der Waals surface area contributed by atoms with Crippen molar-refractivity contribution >= 4 is 6.41 Å². The van der Waals surface area contributed by atoms with Gasteiger partial charge in [-0.1, -0.05) is 19.8 Å². The van der Waals surface area contributed by atoms with Crippen molar-refractivity contribution in [3.05, 3.63) is 5.92 Å². The van der Waals surface area contributed by atoms with Crippen LogP contribution in [-0.2, 0) is 25.9 Å². The standard InChI is InChI=1S/C9H17NO.W/c1-7(2)9(8(3)4)10(5)6-11;/h7,9H,1-5H3;/q-2;+2. The van der Waals surface area contributed by atoms with Gasteiger partial charge in [0.05, 0.1) is 0 Å². The van der Waals surface area contributed by atoms with E-state index in [1.165, 1.54) is 5.92 Å². The van der Waals surface area contributed by atoms with E-state index in [0.717, 1.165) is 0 Å². The van der Waals surface area contributed by atoms with Gasteiger partial charge in [-0.15, -0.1) is 6.04 Å². The monoisotopic (exact) mass is 339 g/mol. The van der Waals surface area contributed by atoms with Crippen LogP contribution in [-0.4, -0.2) is 24.4 Å². The molecule has 0 radical (unpaired) electrons. The van der Waals surface area contributed by atoms with Gasteiger partial charge in [0.25, 0.3) is 0 Å². The fourth-order valence-electron chi connectivity index (χ4n) is 1.56. The Morgan fingerprint density at radius 3 is 1.83 bits per heavy atom. The quantitative estimate of drug-likeness (QED) is 0.563. The molecule has 0 aliphatic heterocycles. The van der Waals surface area contributed by atoms with Crippen molar-refractivity contribution in [2.75, 3.05) is 7.05 Å². The summed E-state index contributed by atoms with van der Waals surface area (Å²) in [5.74, 6) is 1.72. The molecule has 1 unspecified atom stereocenters. The molecule has 0 bridgehead atoms. The predicted octanol–water partition coefficient (Wildman–Crippen LogP) is 1.62. The van der Waals surface area contributed by atoms with Crippen molar-refractivity contribution in [3.63, 3.8) is 0 Å². The SMILES string of the molecule is C[C-](C)C(C(C)C)N(C)[C-]=O.[W+2]. The summed E-state index contributed by atoms with van der Waals surface area (Å²) < 4.78 is 0. The van der Waals surface area contributed by atoms with Crippen LogP contribution in [0.1, 0.15) is 27.7 Å². The molecule has 0 saturated heterocycles. The average Bonchev–Trinajstić information content (AvgIpc) is 1.85. The van der Waals surface area contributed by atoms with Gasteiger partial charge in [0.15, 0.2) is 0 Å². The first-order chi connectivity index (χ1) is 5.00. The minimum atomic E-state index is 0. The predicted molar refractivity (Wildman–Crippen MR) is 46.7 cm³/mol. The van der Waals surface area contributed by atoms with E-state index in [1.54, 1.807) is 11.9 Å². The van der Waals surface area contributed by atoms with E-state index in [2.05, 4.69) is 13.8 Å². The number of hydrogen-bond acceptors (Lipinski definition) is 1. The van der Waals surface area contributed by atoms with Gasteiger partial charge < -0.3 is 15.6 Å². The normalized spacial score (nSPS) is 12.6. The third kappa shape index (κ3) is 4.25. The fraction of sp³-hybridized carbons (Fsp3) is 0.778. The Bertz CT molecular complexity index is 118. The summed E-state index contributed by atoms with van der Waals surface area (Å²) in [7, 11) is 1.77. The molecule has 0 spiro atoms. The topological polar surface area (TPSA) is 20.3 Å². The van der Waals surface area contributed by atoms with Crippen LogP contribution in [0.25, 0.3) is 0 Å². The summed E-state index contributed by atoms with van der Waals surface area (Å²) in [5.41, 5.74) is 0. The summed E-state index contributed by atoms with van der Waals surface area (Å²) in [4.78, 5) is 11.9. The molecule has 0 aliphatic rings. The molecular weight excluding hydrogens is 322 g/mol. The van der Waals surface area contributed by atoms with Crippen LogP contribution in [0.3, 0.4) is 0 Å². The van der Waals surface area contributed by atoms with Gasteiger partial charge in [0.2, 0.25) is 0 Å². The molecule has 1 amide bonds. The molecule has 0 aromatic carbocycles. The molecule has 0 fully saturated rings. The van der Waals surface area contributed by atoms with E-state index in [9.17, 15) is 4.79 Å². The van der Waals surface area contributed by atoms with Crippen LogP contribution in [0.2, 0.25) is 0 Å². The minimum Gasteiger partial charge on any atom is -0.541 e. The zero-order valence-electron chi connectivity index (χ0n) is 8.42. The Balaban J connectivity index is 0. The van der Waals surface area contributed by atoms with Crippen molar-refractivity contribution in [2.45, 2.75) is 33.7 Å². The summed E-state index contributed by atoms with van der Waals surface area (Å²) in [5, 5.41) is 0. The van der Waals surface area contributed by atoms with Crippen molar-refractivity contribution in [3.8, 4) is 0 Å². The molecule has 1 atom stereocenters. The van der Waals surface area contributed by atoms with E-state index in [-0.39, 0.29) is 27.1 Å². The maximum Gasteiger partial charge on any atom is 2.00 e. The summed E-state index contributed by atoms with van der Waals surface area (Å²) in [6.45, 7) is 8.29. The second-order valence-electron chi connectivity index (χ2n) is 3.47. The number of hydrogen-bond donors (Lipinski definition) is 0. The second kappa shape index (κ2) is 6.65. The molecule has 0 saturated carbocycles. The molecule has 0 aliphatic carbocycles. The van der Waals surface area contributed by atoms with Gasteiger partial charge in [-0.05, 0) is 7.05 Å². The van der Waals surface area contributed by atoms with Gasteiger partial charge in [-0.25, -0.2) is 0 Å². The third-order valence-electron chi connectivity index (χ3n) is 1.78. The summed E-state index contributed by atoms with van der Waals surface area (Å²) in [6.07, 6.45) is 1.89. The Kier molecular flexibility index (Phi) is 8.13. The first kappa shape index (κ1) is 14.7. The Morgan fingerprint density at radius 1 is 1.33 bits per heavy atom. The van der Waals surface area contributed by atoms with E-state index < -0.39 is 0 Å². The van der Waals surface area contributed by atoms with Gasteiger partial charge >= 0.3 is 21.1 Å². The Hall–Kier alpha value is 0.158. The van der Waals surface area contributed by atoms with Crippen LogP contribution in [0, 0.1) is 11.8 Å². The van der Waals surface area contributed by atoms with Gasteiger partial charge in [-0.2, -0.15) is 20.3 Å². The zero-order valence-corrected chi connectivity index (χ0v) is 11.4. The molecule has 12 heavy (non-hydrogen) atoms. The molecule has 0 N–H and O–H groups in total. The largest absolute Gasteiger partial charge is 2.00 e. The molecule has 0 heterocycles. The zero-order chi connectivity index (χ0) is 9.02. The molecule has 3 heteroatoms. The van der Waals surface area contributed by atoms with Crippen molar-refractivity contribution in [1.29, 1.82) is 0 Å². The number of nitrogens with zero attached hydrogens (tertiary/aromatic N) is 1. The van der Waals surface area contributed by atoms with E-state index in [4.69, 9.17) is 0 Å². The van der Waals surface area contributed by atoms with Crippen LogP contribution < -0.4 is 0 Å². The van der Waals surface area contributed by atoms with E-state index in [0.29, 0.717) is 5.92 Å². The van der Waals surface area contributed by atoms with Crippen molar-refractivity contribution < 1.29 is 25.9 Å². The van der Waals surface area contributed by atoms with Crippen molar-refractivity contribution in [2.24, 2.45) is 5.92 Å². The van der Waals surface area contributed by atoms with Crippen LogP contribution in [0.15, 0.2) is 0 Å². The fourth-order valence-corrected chi connectivity index (χ4v) is 1.56. The van der Waals surface area contributed by atoms with E-state index >= 15 is 0 Å². The van der Waals surface area contributed by atoms with Crippen LogP contribution >= 0.6 is 0 Å². The molecule has 0 rings (SSSR count). The summed E-state index contributed by atoms with van der Waals surface area (Å²) in [6, 6.07) is 0.229. The van der Waals surface area contributed by atoms with Crippen molar-refractivity contribution in [1.82, 2.24) is 4.90 Å². The minimum absolute atomic E-state index is 0. The van der Waals surface area contributed by atoms with Crippen LogP contribution in [0.5, 0.6) is 0 Å². The first-order valence-corrected chi connectivity index (χ1v) is 3.91. The third-order valence-corrected chi connectivity index (χ3v) is 1.78. The maximum atomic E-state index is 10.3. The number of amides is 1. The second-order valence-corrected chi connectivity index (χ2v) is 3.47. The molecular formula is C9H17NOW. The Labute approximate surface area is 90.0 Å². The number of carbonyl (C=O) groups excluding carboxylic acids is 1.